The van der Waals surface area contributed by atoms with Crippen molar-refractivity contribution >= 4 is 11.6 Å². The molecule has 1 saturated heterocycles. The quantitative estimate of drug-likeness (QED) is 0.857. The van der Waals surface area contributed by atoms with Crippen molar-refractivity contribution in [3.8, 4) is 0 Å². The van der Waals surface area contributed by atoms with E-state index in [0.717, 1.165) is 16.9 Å². The molecule has 1 amide bonds. The number of aliphatic hydroxyl groups is 1. The van der Waals surface area contributed by atoms with Crippen LogP contribution in [0.15, 0.2) is 18.3 Å². The van der Waals surface area contributed by atoms with Gasteiger partial charge < -0.3 is 10.0 Å². The number of hydrogen-bond acceptors (Lipinski definition) is 3. The van der Waals surface area contributed by atoms with Gasteiger partial charge in [-0.25, -0.2) is 4.98 Å². The van der Waals surface area contributed by atoms with Crippen LogP contribution in [-0.4, -0.2) is 44.5 Å². The maximum atomic E-state index is 12.7. The van der Waals surface area contributed by atoms with Gasteiger partial charge in [0.15, 0.2) is 0 Å². The predicted octanol–water partition coefficient (Wildman–Crippen LogP) is 1.55. The van der Waals surface area contributed by atoms with Crippen molar-refractivity contribution in [2.75, 3.05) is 13.1 Å². The number of likely N-dealkylation sites (tertiary alicyclic amines) is 1. The number of carbonyl (C=O) groups is 1. The Bertz CT molecular complexity index is 654. The van der Waals surface area contributed by atoms with Gasteiger partial charge >= 0.3 is 0 Å². The Balaban J connectivity index is 1.99. The Morgan fingerprint density at radius 2 is 2.05 bits per heavy atom. The molecule has 0 aliphatic carbocycles. The van der Waals surface area contributed by atoms with E-state index in [-0.39, 0.29) is 12.0 Å². The monoisotopic (exact) mass is 273 g/mol. The van der Waals surface area contributed by atoms with Gasteiger partial charge in [-0.3, -0.25) is 9.20 Å². The SMILES string of the molecule is Cc1nc2c(C)cccn2c1C(=O)N1CCC(O)CC1. The van der Waals surface area contributed by atoms with Crippen molar-refractivity contribution in [2.24, 2.45) is 0 Å². The number of pyridine rings is 1. The van der Waals surface area contributed by atoms with Crippen molar-refractivity contribution in [1.82, 2.24) is 14.3 Å². The van der Waals surface area contributed by atoms with Gasteiger partial charge in [0, 0.05) is 19.3 Å². The van der Waals surface area contributed by atoms with E-state index in [1.165, 1.54) is 0 Å². The predicted molar refractivity (Wildman–Crippen MR) is 75.8 cm³/mol. The molecule has 0 saturated carbocycles. The number of amides is 1. The Hall–Kier alpha value is -1.88. The first-order valence-corrected chi connectivity index (χ1v) is 6.99. The number of fused-ring (bicyclic) bond motifs is 1. The third-order valence-electron chi connectivity index (χ3n) is 3.97. The number of aromatic nitrogens is 2. The van der Waals surface area contributed by atoms with Crippen molar-refractivity contribution in [3.05, 3.63) is 35.3 Å². The summed E-state index contributed by atoms with van der Waals surface area (Å²) in [7, 11) is 0. The number of hydrogen-bond donors (Lipinski definition) is 1. The number of piperidine rings is 1. The first-order chi connectivity index (χ1) is 9.58. The van der Waals surface area contributed by atoms with Crippen molar-refractivity contribution < 1.29 is 9.90 Å². The van der Waals surface area contributed by atoms with Gasteiger partial charge in [-0.2, -0.15) is 0 Å². The largest absolute Gasteiger partial charge is 0.393 e. The summed E-state index contributed by atoms with van der Waals surface area (Å²) >= 11 is 0. The summed E-state index contributed by atoms with van der Waals surface area (Å²) in [6.45, 7) is 5.09. The summed E-state index contributed by atoms with van der Waals surface area (Å²) < 4.78 is 1.87. The standard InChI is InChI=1S/C15H19N3O2/c1-10-4-3-7-18-13(11(2)16-14(10)18)15(20)17-8-5-12(19)6-9-17/h3-4,7,12,19H,5-6,8-9H2,1-2H3. The maximum absolute atomic E-state index is 12.7. The summed E-state index contributed by atoms with van der Waals surface area (Å²) in [4.78, 5) is 19.0. The first-order valence-electron chi connectivity index (χ1n) is 6.99. The van der Waals surface area contributed by atoms with E-state index in [4.69, 9.17) is 0 Å². The molecule has 2 aromatic heterocycles. The summed E-state index contributed by atoms with van der Waals surface area (Å²) in [5.41, 5.74) is 3.30. The molecule has 1 aliphatic heterocycles. The van der Waals surface area contributed by atoms with Crippen LogP contribution in [0.1, 0.15) is 34.6 Å². The van der Waals surface area contributed by atoms with E-state index in [9.17, 15) is 9.90 Å². The van der Waals surface area contributed by atoms with Gasteiger partial charge in [0.1, 0.15) is 11.3 Å². The second kappa shape index (κ2) is 4.90. The van der Waals surface area contributed by atoms with Crippen molar-refractivity contribution in [1.29, 1.82) is 0 Å². The van der Waals surface area contributed by atoms with E-state index in [1.807, 2.05) is 41.5 Å². The van der Waals surface area contributed by atoms with Gasteiger partial charge in [0.25, 0.3) is 5.91 Å². The minimum absolute atomic E-state index is 0.00694. The van der Waals surface area contributed by atoms with Crippen LogP contribution >= 0.6 is 0 Å². The van der Waals surface area contributed by atoms with Crippen LogP contribution < -0.4 is 0 Å². The molecule has 0 unspecified atom stereocenters. The van der Waals surface area contributed by atoms with Gasteiger partial charge in [0.2, 0.25) is 0 Å². The molecular weight excluding hydrogens is 254 g/mol. The van der Waals surface area contributed by atoms with E-state index in [2.05, 4.69) is 4.98 Å². The fourth-order valence-electron chi connectivity index (χ4n) is 2.79. The lowest BCUT2D eigenvalue weighted by Gasteiger charge is -2.29. The second-order valence-electron chi connectivity index (χ2n) is 5.45. The van der Waals surface area contributed by atoms with Crippen LogP contribution in [0.4, 0.5) is 0 Å². The lowest BCUT2D eigenvalue weighted by Crippen LogP contribution is -2.40. The van der Waals surface area contributed by atoms with Crippen LogP contribution in [0.2, 0.25) is 0 Å². The molecule has 106 valence electrons. The van der Waals surface area contributed by atoms with Gasteiger partial charge in [0.05, 0.1) is 11.8 Å². The molecule has 1 N–H and O–H groups in total. The third-order valence-corrected chi connectivity index (χ3v) is 3.97. The smallest absolute Gasteiger partial charge is 0.272 e. The molecule has 0 spiro atoms. The number of carbonyl (C=O) groups excluding carboxylic acids is 1. The molecule has 20 heavy (non-hydrogen) atoms. The summed E-state index contributed by atoms with van der Waals surface area (Å²) in [5, 5.41) is 9.55. The molecule has 0 atom stereocenters. The Morgan fingerprint density at radius 1 is 1.35 bits per heavy atom. The Kier molecular flexibility index (Phi) is 3.22. The van der Waals surface area contributed by atoms with E-state index >= 15 is 0 Å². The second-order valence-corrected chi connectivity index (χ2v) is 5.45. The minimum Gasteiger partial charge on any atom is -0.393 e. The highest BCUT2D eigenvalue weighted by molar-refractivity contribution is 5.94. The minimum atomic E-state index is -0.274. The van der Waals surface area contributed by atoms with Gasteiger partial charge in [-0.1, -0.05) is 6.07 Å². The summed E-state index contributed by atoms with van der Waals surface area (Å²) in [5.74, 6) is 0.00694. The number of imidazole rings is 1. The maximum Gasteiger partial charge on any atom is 0.272 e. The molecule has 3 heterocycles. The number of rotatable bonds is 1. The van der Waals surface area contributed by atoms with E-state index < -0.39 is 0 Å². The molecule has 3 rings (SSSR count). The Labute approximate surface area is 117 Å². The van der Waals surface area contributed by atoms with Gasteiger partial charge in [-0.05, 0) is 38.3 Å². The number of aryl methyl sites for hydroxylation is 2. The summed E-state index contributed by atoms with van der Waals surface area (Å²) in [6, 6.07) is 3.92. The lowest BCUT2D eigenvalue weighted by atomic mass is 10.1. The third kappa shape index (κ3) is 2.08. The molecule has 2 aromatic rings. The first kappa shape index (κ1) is 13.1. The molecule has 0 bridgehead atoms. The highest BCUT2D eigenvalue weighted by Gasteiger charge is 2.26. The summed E-state index contributed by atoms with van der Waals surface area (Å²) in [6.07, 6.45) is 2.92. The highest BCUT2D eigenvalue weighted by Crippen LogP contribution is 2.19. The topological polar surface area (TPSA) is 57.8 Å². The van der Waals surface area contributed by atoms with Crippen LogP contribution in [0, 0.1) is 13.8 Å². The number of nitrogens with zero attached hydrogens (tertiary/aromatic N) is 3. The fourth-order valence-corrected chi connectivity index (χ4v) is 2.79. The average molecular weight is 273 g/mol. The molecule has 5 heteroatoms. The fraction of sp³-hybridized carbons (Fsp3) is 0.467. The van der Waals surface area contributed by atoms with Crippen LogP contribution in [0.3, 0.4) is 0 Å². The van der Waals surface area contributed by atoms with E-state index in [1.54, 1.807) is 0 Å². The molecule has 1 aliphatic rings. The Morgan fingerprint density at radius 3 is 2.75 bits per heavy atom. The average Bonchev–Trinajstić information content (AvgIpc) is 2.77. The van der Waals surface area contributed by atoms with Crippen molar-refractivity contribution in [2.45, 2.75) is 32.8 Å². The molecule has 5 nitrogen and oxygen atoms in total. The number of aliphatic hydroxyl groups excluding tert-OH is 1. The molecule has 0 radical (unpaired) electrons. The molecular formula is C15H19N3O2. The zero-order valence-corrected chi connectivity index (χ0v) is 11.8. The van der Waals surface area contributed by atoms with Crippen LogP contribution in [0.5, 0.6) is 0 Å². The zero-order chi connectivity index (χ0) is 14.3. The van der Waals surface area contributed by atoms with Crippen LogP contribution in [0.25, 0.3) is 5.65 Å². The molecule has 1 fully saturated rings. The van der Waals surface area contributed by atoms with Gasteiger partial charge in [-0.15, -0.1) is 0 Å². The molecule has 0 aromatic carbocycles. The van der Waals surface area contributed by atoms with Crippen molar-refractivity contribution in [3.63, 3.8) is 0 Å². The highest BCUT2D eigenvalue weighted by atomic mass is 16.3. The lowest BCUT2D eigenvalue weighted by molar-refractivity contribution is 0.0540. The zero-order valence-electron chi connectivity index (χ0n) is 11.8. The normalized spacial score (nSPS) is 16.9. The van der Waals surface area contributed by atoms with E-state index in [0.29, 0.717) is 31.6 Å². The van der Waals surface area contributed by atoms with Crippen LogP contribution in [-0.2, 0) is 0 Å².